The number of carbonyl (C=O) groups is 1. The molecule has 5 nitrogen and oxygen atoms in total. The Kier molecular flexibility index (Phi) is 3.48. The van der Waals surface area contributed by atoms with Gasteiger partial charge in [0.25, 0.3) is 0 Å². The van der Waals surface area contributed by atoms with Crippen molar-refractivity contribution >= 4 is 11.7 Å². The van der Waals surface area contributed by atoms with Gasteiger partial charge in [-0.15, -0.1) is 0 Å². The molecule has 1 aromatic heterocycles. The second-order valence-corrected chi connectivity index (χ2v) is 6.52. The van der Waals surface area contributed by atoms with Crippen LogP contribution in [0.1, 0.15) is 43.1 Å². The van der Waals surface area contributed by atoms with Crippen LogP contribution in [-0.4, -0.2) is 27.4 Å². The Morgan fingerprint density at radius 2 is 1.87 bits per heavy atom. The molecule has 0 spiro atoms. The highest BCUT2D eigenvalue weighted by Crippen LogP contribution is 2.39. The van der Waals surface area contributed by atoms with Gasteiger partial charge in [-0.05, 0) is 24.3 Å². The highest BCUT2D eigenvalue weighted by atomic mass is 16.2. The Morgan fingerprint density at radius 3 is 2.48 bits per heavy atom. The third-order valence-corrected chi connectivity index (χ3v) is 4.63. The first kappa shape index (κ1) is 14.2. The Labute approximate surface area is 135 Å². The maximum Gasteiger partial charge on any atom is 0.322 e. The third kappa shape index (κ3) is 2.79. The lowest BCUT2D eigenvalue weighted by molar-refractivity contribution is 0.0671. The second-order valence-electron chi connectivity index (χ2n) is 6.52. The van der Waals surface area contributed by atoms with Gasteiger partial charge in [-0.25, -0.2) is 14.8 Å². The second kappa shape index (κ2) is 5.65. The molecule has 2 heterocycles. The van der Waals surface area contributed by atoms with E-state index in [0.29, 0.717) is 17.5 Å². The molecule has 2 atom stereocenters. The fourth-order valence-electron chi connectivity index (χ4n) is 3.21. The van der Waals surface area contributed by atoms with Gasteiger partial charge in [0.1, 0.15) is 5.82 Å². The average Bonchev–Trinajstić information content (AvgIpc) is 3.39. The Hall–Kier alpha value is -2.43. The van der Waals surface area contributed by atoms with E-state index in [2.05, 4.69) is 34.3 Å². The van der Waals surface area contributed by atoms with Crippen molar-refractivity contribution in [1.29, 1.82) is 0 Å². The molecule has 1 saturated heterocycles. The van der Waals surface area contributed by atoms with E-state index in [4.69, 9.17) is 0 Å². The van der Waals surface area contributed by atoms with E-state index in [-0.39, 0.29) is 12.1 Å². The molecule has 4 rings (SSSR count). The van der Waals surface area contributed by atoms with Gasteiger partial charge in [-0.3, -0.25) is 0 Å². The summed E-state index contributed by atoms with van der Waals surface area (Å²) in [4.78, 5) is 23.1. The van der Waals surface area contributed by atoms with E-state index in [1.165, 1.54) is 18.4 Å². The summed E-state index contributed by atoms with van der Waals surface area (Å²) in [7, 11) is 0. The van der Waals surface area contributed by atoms with E-state index >= 15 is 0 Å². The third-order valence-electron chi connectivity index (χ3n) is 4.63. The summed E-state index contributed by atoms with van der Waals surface area (Å²) >= 11 is 0. The number of aromatic nitrogens is 2. The smallest absolute Gasteiger partial charge is 0.317 e. The van der Waals surface area contributed by atoms with Gasteiger partial charge in [0, 0.05) is 12.5 Å². The molecule has 2 fully saturated rings. The van der Waals surface area contributed by atoms with Gasteiger partial charge in [0.05, 0.1) is 24.1 Å². The zero-order chi connectivity index (χ0) is 15.8. The predicted octanol–water partition coefficient (Wildman–Crippen LogP) is 3.58. The molecular formula is C18H20N4O. The number of hydrogen-bond acceptors (Lipinski definition) is 3. The van der Waals surface area contributed by atoms with E-state index in [1.54, 1.807) is 12.4 Å². The van der Waals surface area contributed by atoms with Gasteiger partial charge in [-0.2, -0.15) is 0 Å². The summed E-state index contributed by atoms with van der Waals surface area (Å²) in [5, 5.41) is 2.91. The number of rotatable bonds is 3. The van der Waals surface area contributed by atoms with Crippen molar-refractivity contribution < 1.29 is 4.79 Å². The van der Waals surface area contributed by atoms with Gasteiger partial charge >= 0.3 is 6.03 Å². The van der Waals surface area contributed by atoms with Gasteiger partial charge in [-0.1, -0.05) is 37.3 Å². The highest BCUT2D eigenvalue weighted by molar-refractivity contribution is 5.89. The number of likely N-dealkylation sites (tertiary alicyclic amines) is 1. The molecule has 0 bridgehead atoms. The minimum absolute atomic E-state index is 0.0836. The van der Waals surface area contributed by atoms with Crippen LogP contribution in [0.15, 0.2) is 42.7 Å². The molecule has 23 heavy (non-hydrogen) atoms. The number of benzene rings is 1. The van der Waals surface area contributed by atoms with Crippen LogP contribution in [0.25, 0.3) is 0 Å². The first-order valence-electron chi connectivity index (χ1n) is 8.17. The summed E-state index contributed by atoms with van der Waals surface area (Å²) in [5.41, 5.74) is 1.84. The lowest BCUT2D eigenvalue weighted by atomic mass is 9.85. The highest BCUT2D eigenvalue weighted by Gasteiger charge is 2.40. The van der Waals surface area contributed by atoms with E-state index in [9.17, 15) is 4.79 Å². The predicted molar refractivity (Wildman–Crippen MR) is 88.1 cm³/mol. The zero-order valence-electron chi connectivity index (χ0n) is 13.1. The van der Waals surface area contributed by atoms with Gasteiger partial charge < -0.3 is 10.2 Å². The van der Waals surface area contributed by atoms with Crippen molar-refractivity contribution in [2.75, 3.05) is 11.9 Å². The molecule has 1 aliphatic heterocycles. The number of amides is 2. The number of urea groups is 1. The summed E-state index contributed by atoms with van der Waals surface area (Å²) < 4.78 is 0. The molecule has 5 heteroatoms. The van der Waals surface area contributed by atoms with Crippen LogP contribution < -0.4 is 5.32 Å². The lowest BCUT2D eigenvalue weighted by Gasteiger charge is -2.46. The minimum Gasteiger partial charge on any atom is -0.317 e. The first-order valence-corrected chi connectivity index (χ1v) is 8.17. The van der Waals surface area contributed by atoms with Crippen LogP contribution in [0.2, 0.25) is 0 Å². The van der Waals surface area contributed by atoms with Crippen LogP contribution in [-0.2, 0) is 0 Å². The van der Waals surface area contributed by atoms with Crippen LogP contribution in [0, 0.1) is 5.92 Å². The van der Waals surface area contributed by atoms with Crippen molar-refractivity contribution in [3.8, 4) is 0 Å². The average molecular weight is 308 g/mol. The van der Waals surface area contributed by atoms with Crippen molar-refractivity contribution in [3.63, 3.8) is 0 Å². The Balaban J connectivity index is 1.44. The molecule has 1 saturated carbocycles. The molecule has 2 aliphatic rings. The molecule has 1 aromatic carbocycles. The Bertz CT molecular complexity index is 697. The van der Waals surface area contributed by atoms with Crippen molar-refractivity contribution in [1.82, 2.24) is 14.9 Å². The fraction of sp³-hybridized carbons (Fsp3) is 0.389. The summed E-state index contributed by atoms with van der Waals surface area (Å²) in [6, 6.07) is 10.2. The number of carbonyl (C=O) groups excluding carboxylic acids is 1. The maximum absolute atomic E-state index is 12.5. The van der Waals surface area contributed by atoms with Gasteiger partial charge in [0.15, 0.2) is 0 Å². The molecule has 118 valence electrons. The van der Waals surface area contributed by atoms with Crippen LogP contribution in [0.4, 0.5) is 10.5 Å². The topological polar surface area (TPSA) is 58.1 Å². The quantitative estimate of drug-likeness (QED) is 0.943. The lowest BCUT2D eigenvalue weighted by Crippen LogP contribution is -2.53. The monoisotopic (exact) mass is 308 g/mol. The molecule has 2 aromatic rings. The van der Waals surface area contributed by atoms with Gasteiger partial charge in [0.2, 0.25) is 0 Å². The Morgan fingerprint density at radius 1 is 1.17 bits per heavy atom. The number of anilines is 1. The molecule has 1 N–H and O–H groups in total. The zero-order valence-corrected chi connectivity index (χ0v) is 13.1. The SMILES string of the molecule is C[C@H]1CN(C(=O)Nc2cnc(C3CC3)nc2)[C@@H]1c1ccccc1. The maximum atomic E-state index is 12.5. The van der Waals surface area contributed by atoms with E-state index in [1.807, 2.05) is 23.1 Å². The number of hydrogen-bond donors (Lipinski definition) is 1. The molecular weight excluding hydrogens is 288 g/mol. The van der Waals surface area contributed by atoms with Crippen LogP contribution in [0.3, 0.4) is 0 Å². The normalized spacial score (nSPS) is 23.3. The molecule has 1 aliphatic carbocycles. The molecule has 0 radical (unpaired) electrons. The summed E-state index contributed by atoms with van der Waals surface area (Å²) in [6.07, 6.45) is 5.77. The van der Waals surface area contributed by atoms with E-state index < -0.39 is 0 Å². The van der Waals surface area contributed by atoms with Crippen LogP contribution >= 0.6 is 0 Å². The molecule has 2 amide bonds. The largest absolute Gasteiger partial charge is 0.322 e. The van der Waals surface area contributed by atoms with Crippen molar-refractivity contribution in [2.45, 2.75) is 31.7 Å². The van der Waals surface area contributed by atoms with Crippen molar-refractivity contribution in [2.24, 2.45) is 5.92 Å². The first-order chi connectivity index (χ1) is 11.2. The number of nitrogens with one attached hydrogen (secondary N) is 1. The van der Waals surface area contributed by atoms with Crippen LogP contribution in [0.5, 0.6) is 0 Å². The molecule has 0 unspecified atom stereocenters. The summed E-state index contributed by atoms with van der Waals surface area (Å²) in [6.45, 7) is 2.95. The van der Waals surface area contributed by atoms with Crippen molar-refractivity contribution in [3.05, 3.63) is 54.1 Å². The summed E-state index contributed by atoms with van der Waals surface area (Å²) in [5.74, 6) is 1.89. The number of nitrogens with zero attached hydrogens (tertiary/aromatic N) is 3. The standard InChI is InChI=1S/C18H20N4O/c1-12-11-22(16(12)13-5-3-2-4-6-13)18(23)21-15-9-19-17(20-10-15)14-7-8-14/h2-6,9-10,12,14,16H,7-8,11H2,1H3,(H,21,23)/t12-,16-/m0/s1. The van der Waals surface area contributed by atoms with E-state index in [0.717, 1.165) is 12.4 Å². The minimum atomic E-state index is -0.0836. The fourth-order valence-corrected chi connectivity index (χ4v) is 3.21.